The second kappa shape index (κ2) is 13.3. The van der Waals surface area contributed by atoms with Crippen molar-refractivity contribution in [2.24, 2.45) is 0 Å². The van der Waals surface area contributed by atoms with Gasteiger partial charge >= 0.3 is 5.97 Å². The third kappa shape index (κ3) is 7.11. The molecule has 0 aliphatic carbocycles. The highest BCUT2D eigenvalue weighted by Crippen LogP contribution is 2.36. The number of benzene rings is 2. The monoisotopic (exact) mass is 448 g/mol. The summed E-state index contributed by atoms with van der Waals surface area (Å²) in [6, 6.07) is 12.7. The summed E-state index contributed by atoms with van der Waals surface area (Å²) in [7, 11) is 0. The van der Waals surface area contributed by atoms with Crippen molar-refractivity contribution < 1.29 is 19.4 Å². The van der Waals surface area contributed by atoms with E-state index in [1.165, 1.54) is 32.0 Å². The normalized spacial score (nSPS) is 10.9. The van der Waals surface area contributed by atoms with Crippen molar-refractivity contribution in [3.8, 4) is 17.0 Å². The molecule has 0 saturated carbocycles. The van der Waals surface area contributed by atoms with Crippen LogP contribution in [0, 0.1) is 0 Å². The summed E-state index contributed by atoms with van der Waals surface area (Å²) in [5.41, 5.74) is 2.00. The van der Waals surface area contributed by atoms with E-state index in [0.29, 0.717) is 30.0 Å². The molecule has 0 atom stereocenters. The molecule has 0 spiro atoms. The van der Waals surface area contributed by atoms with Crippen LogP contribution < -0.4 is 4.74 Å². The maximum absolute atomic E-state index is 11.9. The fourth-order valence-corrected chi connectivity index (χ4v) is 4.03. The first-order valence-corrected chi connectivity index (χ1v) is 11.8. The Morgan fingerprint density at radius 1 is 0.848 bits per heavy atom. The molecule has 1 N–H and O–H groups in total. The van der Waals surface area contributed by atoms with Gasteiger partial charge in [0.05, 0.1) is 28.9 Å². The molecule has 3 rings (SSSR count). The van der Waals surface area contributed by atoms with E-state index in [4.69, 9.17) is 4.74 Å². The Bertz CT molecular complexity index is 1050. The molecule has 0 amide bonds. The van der Waals surface area contributed by atoms with Crippen molar-refractivity contribution in [2.45, 2.75) is 64.2 Å². The van der Waals surface area contributed by atoms with Crippen molar-refractivity contribution in [1.82, 2.24) is 9.97 Å². The van der Waals surface area contributed by atoms with Crippen molar-refractivity contribution in [1.29, 1.82) is 0 Å². The lowest BCUT2D eigenvalue weighted by Crippen LogP contribution is -2.05. The number of aldehydes is 1. The molecule has 0 bridgehead atoms. The Labute approximate surface area is 195 Å². The number of hydrogen-bond acceptors (Lipinski definition) is 5. The first-order valence-electron chi connectivity index (χ1n) is 11.8. The first kappa shape index (κ1) is 24.4. The summed E-state index contributed by atoms with van der Waals surface area (Å²) < 4.78 is 6.06. The largest absolute Gasteiger partial charge is 0.493 e. The number of hydrogen-bond donors (Lipinski definition) is 1. The fraction of sp³-hybridized carbons (Fsp3) is 0.407. The molecule has 6 nitrogen and oxygen atoms in total. The van der Waals surface area contributed by atoms with Gasteiger partial charge in [-0.25, -0.2) is 14.8 Å². The fourth-order valence-electron chi connectivity index (χ4n) is 4.03. The lowest BCUT2D eigenvalue weighted by Gasteiger charge is -2.15. The number of nitrogens with zero attached hydrogens (tertiary/aromatic N) is 2. The number of rotatable bonds is 15. The lowest BCUT2D eigenvalue weighted by atomic mass is 9.99. The topological polar surface area (TPSA) is 89.4 Å². The van der Waals surface area contributed by atoms with Gasteiger partial charge in [-0.2, -0.15) is 0 Å². The Hall–Kier alpha value is -3.28. The molecule has 174 valence electrons. The minimum absolute atomic E-state index is 0.171. The molecule has 1 heterocycles. The molecular formula is C27H32N2O4. The van der Waals surface area contributed by atoms with E-state index in [-0.39, 0.29) is 5.56 Å². The van der Waals surface area contributed by atoms with E-state index in [1.54, 1.807) is 12.1 Å². The minimum atomic E-state index is -1.01. The number of fused-ring (bicyclic) bond motifs is 1. The van der Waals surface area contributed by atoms with Gasteiger partial charge in [0, 0.05) is 11.8 Å². The number of carbonyl (C=O) groups excluding carboxylic acids is 1. The van der Waals surface area contributed by atoms with E-state index < -0.39 is 5.97 Å². The van der Waals surface area contributed by atoms with Gasteiger partial charge in [0.15, 0.2) is 0 Å². The predicted octanol–water partition coefficient (Wildman–Crippen LogP) is 6.47. The highest BCUT2D eigenvalue weighted by atomic mass is 16.5. The zero-order chi connectivity index (χ0) is 23.3. The molecule has 3 aromatic rings. The second-order valence-corrected chi connectivity index (χ2v) is 8.21. The van der Waals surface area contributed by atoms with Gasteiger partial charge in [-0.1, -0.05) is 69.2 Å². The molecule has 0 aliphatic heterocycles. The van der Waals surface area contributed by atoms with Crippen LogP contribution in [0.1, 0.15) is 74.6 Å². The van der Waals surface area contributed by atoms with E-state index in [1.807, 2.05) is 30.3 Å². The van der Waals surface area contributed by atoms with E-state index >= 15 is 0 Å². The predicted molar refractivity (Wildman–Crippen MR) is 130 cm³/mol. The zero-order valence-corrected chi connectivity index (χ0v) is 19.0. The molecule has 0 saturated heterocycles. The van der Waals surface area contributed by atoms with Crippen LogP contribution in [0.25, 0.3) is 22.2 Å². The molecule has 0 fully saturated rings. The summed E-state index contributed by atoms with van der Waals surface area (Å²) in [6.45, 7) is 0.533. The summed E-state index contributed by atoms with van der Waals surface area (Å²) in [4.78, 5) is 31.0. The molecular weight excluding hydrogens is 416 g/mol. The number of unbranched alkanes of at least 4 members (excludes halogenated alkanes) is 9. The maximum Gasteiger partial charge on any atom is 0.336 e. The van der Waals surface area contributed by atoms with Crippen LogP contribution in [0.2, 0.25) is 0 Å². The molecule has 2 aromatic carbocycles. The average Bonchev–Trinajstić information content (AvgIpc) is 2.84. The van der Waals surface area contributed by atoms with E-state index in [0.717, 1.165) is 49.3 Å². The highest BCUT2D eigenvalue weighted by molar-refractivity contribution is 6.03. The summed E-state index contributed by atoms with van der Waals surface area (Å²) in [5.74, 6) is -0.474. The van der Waals surface area contributed by atoms with Crippen LogP contribution in [-0.2, 0) is 4.79 Å². The lowest BCUT2D eigenvalue weighted by molar-refractivity contribution is -0.107. The number of carboxylic acid groups (broad SMARTS) is 1. The van der Waals surface area contributed by atoms with Gasteiger partial charge < -0.3 is 14.6 Å². The van der Waals surface area contributed by atoms with Crippen LogP contribution in [0.5, 0.6) is 5.75 Å². The van der Waals surface area contributed by atoms with Gasteiger partial charge in [0.1, 0.15) is 18.4 Å². The zero-order valence-electron chi connectivity index (χ0n) is 19.0. The van der Waals surface area contributed by atoms with Crippen molar-refractivity contribution in [2.75, 3.05) is 6.61 Å². The van der Waals surface area contributed by atoms with Gasteiger partial charge in [-0.05, 0) is 31.0 Å². The highest BCUT2D eigenvalue weighted by Gasteiger charge is 2.20. The smallest absolute Gasteiger partial charge is 0.336 e. The molecule has 0 radical (unpaired) electrons. The Kier molecular flexibility index (Phi) is 9.83. The summed E-state index contributed by atoms with van der Waals surface area (Å²) in [6.07, 6.45) is 13.3. The number of carboxylic acids is 1. The Balaban J connectivity index is 1.56. The summed E-state index contributed by atoms with van der Waals surface area (Å²) in [5, 5.41) is 10.6. The third-order valence-electron chi connectivity index (χ3n) is 5.76. The van der Waals surface area contributed by atoms with E-state index in [9.17, 15) is 14.7 Å². The number of aromatic nitrogens is 2. The van der Waals surface area contributed by atoms with Crippen LogP contribution in [0.15, 0.2) is 48.8 Å². The van der Waals surface area contributed by atoms with E-state index in [2.05, 4.69) is 9.97 Å². The molecule has 0 unspecified atom stereocenters. The number of carbonyl (C=O) groups is 2. The van der Waals surface area contributed by atoms with Crippen molar-refractivity contribution >= 4 is 23.2 Å². The quantitative estimate of drug-likeness (QED) is 0.212. The van der Waals surface area contributed by atoms with Gasteiger partial charge in [-0.15, -0.1) is 0 Å². The molecule has 1 aromatic heterocycles. The van der Waals surface area contributed by atoms with Crippen LogP contribution in [0.4, 0.5) is 0 Å². The maximum atomic E-state index is 11.9. The second-order valence-electron chi connectivity index (χ2n) is 8.21. The van der Waals surface area contributed by atoms with Gasteiger partial charge in [-0.3, -0.25) is 0 Å². The van der Waals surface area contributed by atoms with Gasteiger partial charge in [0.25, 0.3) is 0 Å². The number of aromatic carboxylic acids is 1. The van der Waals surface area contributed by atoms with Crippen LogP contribution >= 0.6 is 0 Å². The molecule has 33 heavy (non-hydrogen) atoms. The van der Waals surface area contributed by atoms with Crippen molar-refractivity contribution in [3.63, 3.8) is 0 Å². The third-order valence-corrected chi connectivity index (χ3v) is 5.76. The van der Waals surface area contributed by atoms with Gasteiger partial charge in [0.2, 0.25) is 0 Å². The molecule has 0 aliphatic rings. The Morgan fingerprint density at radius 2 is 1.55 bits per heavy atom. The summed E-state index contributed by atoms with van der Waals surface area (Å²) >= 11 is 0. The van der Waals surface area contributed by atoms with Crippen molar-refractivity contribution in [3.05, 3.63) is 54.4 Å². The van der Waals surface area contributed by atoms with Crippen LogP contribution in [-0.4, -0.2) is 33.9 Å². The first-order chi connectivity index (χ1) is 16.2. The SMILES string of the molecule is O=CCCCCCCCCCCCOc1cccc(C(=O)O)c1-c1ncnc2ccccc12. The number of para-hydroxylation sites is 1. The molecule has 6 heteroatoms. The Morgan fingerprint density at radius 3 is 2.27 bits per heavy atom. The average molecular weight is 449 g/mol. The standard InChI is InChI=1S/C27H32N2O4/c30-18-11-7-5-3-1-2-4-6-8-12-19-33-24-17-13-15-22(27(31)32)25(24)26-21-14-9-10-16-23(21)28-20-29-26/h9-10,13-18,20H,1-8,11-12,19H2,(H,31,32). The minimum Gasteiger partial charge on any atom is -0.493 e. The number of ether oxygens (including phenoxy) is 1. The van der Waals surface area contributed by atoms with Crippen LogP contribution in [0.3, 0.4) is 0 Å².